The van der Waals surface area contributed by atoms with Crippen molar-refractivity contribution in [2.75, 3.05) is 38.1 Å². The first-order chi connectivity index (χ1) is 13.1. The summed E-state index contributed by atoms with van der Waals surface area (Å²) in [5, 5.41) is 3.42. The number of nitrogens with two attached hydrogens (primary N) is 1. The van der Waals surface area contributed by atoms with Crippen LogP contribution in [0.2, 0.25) is 0 Å². The molecule has 1 amide bonds. The Morgan fingerprint density at radius 1 is 1.33 bits per heavy atom. The predicted octanol–water partition coefficient (Wildman–Crippen LogP) is 2.12. The van der Waals surface area contributed by atoms with Gasteiger partial charge in [0.15, 0.2) is 5.96 Å². The van der Waals surface area contributed by atoms with Gasteiger partial charge in [0, 0.05) is 45.3 Å². The Morgan fingerprint density at radius 3 is 2.96 bits per heavy atom. The molecule has 2 heterocycles. The van der Waals surface area contributed by atoms with E-state index in [0.29, 0.717) is 18.9 Å². The Balaban J connectivity index is 1.69. The van der Waals surface area contributed by atoms with E-state index < -0.39 is 0 Å². The highest BCUT2D eigenvalue weighted by atomic mass is 16.1. The van der Waals surface area contributed by atoms with Crippen molar-refractivity contribution in [1.29, 1.82) is 0 Å². The van der Waals surface area contributed by atoms with Crippen molar-refractivity contribution in [3.8, 4) is 0 Å². The summed E-state index contributed by atoms with van der Waals surface area (Å²) in [6.45, 7) is 6.58. The Labute approximate surface area is 162 Å². The Morgan fingerprint density at radius 2 is 2.19 bits per heavy atom. The van der Waals surface area contributed by atoms with E-state index in [0.717, 1.165) is 51.4 Å². The first-order valence-electron chi connectivity index (χ1n) is 10.2. The van der Waals surface area contributed by atoms with E-state index >= 15 is 0 Å². The van der Waals surface area contributed by atoms with Gasteiger partial charge in [-0.1, -0.05) is 12.1 Å². The van der Waals surface area contributed by atoms with Gasteiger partial charge in [0.25, 0.3) is 0 Å². The van der Waals surface area contributed by atoms with Crippen molar-refractivity contribution in [1.82, 2.24) is 10.2 Å². The molecule has 1 unspecified atom stereocenters. The first-order valence-corrected chi connectivity index (χ1v) is 10.2. The molecule has 0 saturated carbocycles. The molecule has 148 valence electrons. The van der Waals surface area contributed by atoms with E-state index in [4.69, 9.17) is 10.7 Å². The molecule has 3 N–H and O–H groups in total. The average molecular weight is 372 g/mol. The molecule has 1 aromatic carbocycles. The zero-order valence-corrected chi connectivity index (χ0v) is 16.7. The van der Waals surface area contributed by atoms with Crippen LogP contribution in [0.3, 0.4) is 0 Å². The quantitative estimate of drug-likeness (QED) is 0.614. The number of rotatable bonds is 5. The Hall–Kier alpha value is -2.24. The van der Waals surface area contributed by atoms with E-state index in [1.54, 1.807) is 0 Å². The largest absolute Gasteiger partial charge is 0.374 e. The molecule has 1 aromatic rings. The zero-order valence-electron chi connectivity index (χ0n) is 16.7. The number of benzene rings is 1. The number of carbonyl (C=O) groups excluding carboxylic acids is 1. The summed E-state index contributed by atoms with van der Waals surface area (Å²) in [5.74, 6) is 1.07. The van der Waals surface area contributed by atoms with E-state index in [-0.39, 0.29) is 5.91 Å². The number of piperidine rings is 1. The second-order valence-corrected chi connectivity index (χ2v) is 7.78. The van der Waals surface area contributed by atoms with Crippen molar-refractivity contribution >= 4 is 17.6 Å². The average Bonchev–Trinajstić information content (AvgIpc) is 2.65. The number of hydrogen-bond acceptors (Lipinski definition) is 3. The molecule has 27 heavy (non-hydrogen) atoms. The number of nitrogens with one attached hydrogen (secondary N) is 1. The second-order valence-electron chi connectivity index (χ2n) is 7.78. The van der Waals surface area contributed by atoms with Crippen LogP contribution in [-0.4, -0.2) is 50.0 Å². The number of aliphatic imine (C=N–C) groups is 1. The summed E-state index contributed by atoms with van der Waals surface area (Å²) >= 11 is 0. The van der Waals surface area contributed by atoms with Gasteiger partial charge in [-0.25, -0.2) is 4.99 Å². The number of anilines is 1. The maximum Gasteiger partial charge on any atom is 0.217 e. The van der Waals surface area contributed by atoms with Crippen LogP contribution in [0.1, 0.15) is 43.7 Å². The smallest absolute Gasteiger partial charge is 0.217 e. The van der Waals surface area contributed by atoms with E-state index in [1.165, 1.54) is 23.2 Å². The molecule has 0 radical (unpaired) electrons. The highest BCUT2D eigenvalue weighted by Gasteiger charge is 2.23. The lowest BCUT2D eigenvalue weighted by molar-refractivity contribution is -0.119. The van der Waals surface area contributed by atoms with Crippen molar-refractivity contribution in [2.45, 2.75) is 45.6 Å². The first kappa shape index (κ1) is 19.5. The number of nitrogens with zero attached hydrogens (tertiary/aromatic N) is 3. The van der Waals surface area contributed by atoms with Crippen LogP contribution in [0.25, 0.3) is 0 Å². The highest BCUT2D eigenvalue weighted by molar-refractivity contribution is 5.80. The van der Waals surface area contributed by atoms with Gasteiger partial charge in [-0.15, -0.1) is 0 Å². The predicted molar refractivity (Wildman–Crippen MR) is 111 cm³/mol. The lowest BCUT2D eigenvalue weighted by Crippen LogP contribution is -2.47. The van der Waals surface area contributed by atoms with Crippen LogP contribution in [0, 0.1) is 5.92 Å². The molecule has 6 heteroatoms. The van der Waals surface area contributed by atoms with Gasteiger partial charge in [-0.2, -0.15) is 0 Å². The molecule has 0 spiro atoms. The van der Waals surface area contributed by atoms with Gasteiger partial charge < -0.3 is 20.9 Å². The molecular weight excluding hydrogens is 338 g/mol. The molecular formula is C21H33N5O. The summed E-state index contributed by atoms with van der Waals surface area (Å²) in [4.78, 5) is 20.8. The van der Waals surface area contributed by atoms with Crippen molar-refractivity contribution < 1.29 is 4.79 Å². The topological polar surface area (TPSA) is 74.0 Å². The van der Waals surface area contributed by atoms with E-state index in [9.17, 15) is 4.79 Å². The van der Waals surface area contributed by atoms with Gasteiger partial charge in [-0.3, -0.25) is 4.79 Å². The van der Waals surface area contributed by atoms with Crippen molar-refractivity contribution in [2.24, 2.45) is 16.6 Å². The number of likely N-dealkylation sites (tertiary alicyclic amines) is 1. The van der Waals surface area contributed by atoms with Crippen LogP contribution >= 0.6 is 0 Å². The Kier molecular flexibility index (Phi) is 6.58. The fourth-order valence-electron chi connectivity index (χ4n) is 4.24. The van der Waals surface area contributed by atoms with E-state index in [1.807, 2.05) is 0 Å². The summed E-state index contributed by atoms with van der Waals surface area (Å²) in [5.41, 5.74) is 9.44. The number of aryl methyl sites for hydroxylation is 1. The number of fused-ring (bicyclic) bond motifs is 1. The molecule has 2 aliphatic heterocycles. The van der Waals surface area contributed by atoms with Gasteiger partial charge in [0.2, 0.25) is 5.91 Å². The third-order valence-corrected chi connectivity index (χ3v) is 5.55. The third-order valence-electron chi connectivity index (χ3n) is 5.55. The molecule has 0 bridgehead atoms. The molecule has 2 aliphatic rings. The van der Waals surface area contributed by atoms with Crippen LogP contribution in [0.4, 0.5) is 5.69 Å². The number of primary amides is 1. The molecule has 1 atom stereocenters. The summed E-state index contributed by atoms with van der Waals surface area (Å²) in [6.07, 6.45) is 4.98. The third kappa shape index (κ3) is 5.15. The molecule has 0 aliphatic carbocycles. The minimum absolute atomic E-state index is 0.206. The standard InChI is InChI=1S/C21H33N5O/c1-3-23-21(26-11-4-6-17(15-26)13-20(22)27)24-14-16-8-9-19-18(12-16)7-5-10-25(19)2/h8-9,12,17H,3-7,10-11,13-15H2,1-2H3,(H2,22,27)(H,23,24). The second kappa shape index (κ2) is 9.11. The monoisotopic (exact) mass is 371 g/mol. The van der Waals surface area contributed by atoms with Crippen LogP contribution < -0.4 is 16.0 Å². The lowest BCUT2D eigenvalue weighted by Gasteiger charge is -2.34. The molecule has 0 aromatic heterocycles. The molecule has 3 rings (SSSR count). The van der Waals surface area contributed by atoms with Crippen LogP contribution in [-0.2, 0) is 17.8 Å². The minimum atomic E-state index is -0.206. The highest BCUT2D eigenvalue weighted by Crippen LogP contribution is 2.27. The number of carbonyl (C=O) groups is 1. The fraction of sp³-hybridized carbons (Fsp3) is 0.619. The molecule has 1 fully saturated rings. The van der Waals surface area contributed by atoms with Crippen LogP contribution in [0.5, 0.6) is 0 Å². The van der Waals surface area contributed by atoms with Gasteiger partial charge in [-0.05, 0) is 55.7 Å². The van der Waals surface area contributed by atoms with E-state index in [2.05, 4.69) is 47.3 Å². The zero-order chi connectivity index (χ0) is 19.2. The summed E-state index contributed by atoms with van der Waals surface area (Å²) < 4.78 is 0. The summed E-state index contributed by atoms with van der Waals surface area (Å²) in [7, 11) is 2.16. The SMILES string of the molecule is CCNC(=NCc1ccc2c(c1)CCCN2C)N1CCCC(CC(N)=O)C1. The summed E-state index contributed by atoms with van der Waals surface area (Å²) in [6, 6.07) is 6.74. The lowest BCUT2D eigenvalue weighted by atomic mass is 9.95. The Bertz CT molecular complexity index is 687. The van der Waals surface area contributed by atoms with Gasteiger partial charge in [0.1, 0.15) is 0 Å². The van der Waals surface area contributed by atoms with Gasteiger partial charge >= 0.3 is 0 Å². The molecule has 1 saturated heterocycles. The maximum absolute atomic E-state index is 11.3. The van der Waals surface area contributed by atoms with Crippen molar-refractivity contribution in [3.05, 3.63) is 29.3 Å². The van der Waals surface area contributed by atoms with Gasteiger partial charge in [0.05, 0.1) is 6.54 Å². The molecule has 6 nitrogen and oxygen atoms in total. The fourth-order valence-corrected chi connectivity index (χ4v) is 4.24. The normalized spacial score (nSPS) is 20.4. The van der Waals surface area contributed by atoms with Crippen molar-refractivity contribution in [3.63, 3.8) is 0 Å². The number of amides is 1. The minimum Gasteiger partial charge on any atom is -0.374 e. The van der Waals surface area contributed by atoms with Crippen LogP contribution in [0.15, 0.2) is 23.2 Å². The number of hydrogen-bond donors (Lipinski definition) is 2. The maximum atomic E-state index is 11.3. The number of guanidine groups is 1.